The maximum atomic E-state index is 8.48. The van der Waals surface area contributed by atoms with Crippen LogP contribution in [0.5, 0.6) is 0 Å². The number of nitrogens with zero attached hydrogens (tertiary/aromatic N) is 1. The first kappa shape index (κ1) is 14.4. The van der Waals surface area contributed by atoms with E-state index in [4.69, 9.17) is 1.37 Å². The first-order valence-electron chi connectivity index (χ1n) is 9.00. The van der Waals surface area contributed by atoms with Crippen LogP contribution in [0.1, 0.15) is 37.6 Å². The number of hydrogen-bond donors (Lipinski definition) is 0. The van der Waals surface area contributed by atoms with Crippen molar-refractivity contribution in [1.29, 1.82) is 0 Å². The van der Waals surface area contributed by atoms with Crippen molar-refractivity contribution in [3.05, 3.63) is 64.8 Å². The molecule has 1 heteroatoms. The summed E-state index contributed by atoms with van der Waals surface area (Å²) in [6, 6.07) is 13.6. The van der Waals surface area contributed by atoms with Gasteiger partial charge in [0.25, 0.3) is 0 Å². The third-order valence-electron chi connectivity index (χ3n) is 4.96. The summed E-state index contributed by atoms with van der Waals surface area (Å²) in [7, 11) is 2.08. The van der Waals surface area contributed by atoms with Gasteiger partial charge in [-0.3, -0.25) is 0 Å². The molecule has 0 amide bonds. The molecule has 2 aromatic carbocycles. The summed E-state index contributed by atoms with van der Waals surface area (Å²) in [6.07, 6.45) is 2.08. The standard InChI is InChI=1S/C22H26N/c1-6-17-13-18(7-2)16(4)21(14-17)22-20-11-9-8-10-19(20)12-15(3)23(22)5/h8-14H,6-7H2,1-5H3/q+1/i12D. The third kappa shape index (κ3) is 2.65. The molecule has 0 radical (unpaired) electrons. The summed E-state index contributed by atoms with van der Waals surface area (Å²) in [5, 5.41) is 2.19. The molecule has 0 saturated heterocycles. The van der Waals surface area contributed by atoms with Crippen LogP contribution >= 0.6 is 0 Å². The zero-order valence-electron chi connectivity index (χ0n) is 15.8. The Morgan fingerprint density at radius 3 is 2.48 bits per heavy atom. The average Bonchev–Trinajstić information content (AvgIpc) is 2.61. The van der Waals surface area contributed by atoms with Crippen molar-refractivity contribution in [3.63, 3.8) is 0 Å². The van der Waals surface area contributed by atoms with Crippen molar-refractivity contribution in [2.24, 2.45) is 7.05 Å². The second kappa shape index (κ2) is 6.16. The fraction of sp³-hybridized carbons (Fsp3) is 0.318. The van der Waals surface area contributed by atoms with Gasteiger partial charge < -0.3 is 0 Å². The van der Waals surface area contributed by atoms with Crippen molar-refractivity contribution >= 4 is 10.8 Å². The van der Waals surface area contributed by atoms with Gasteiger partial charge in [0.2, 0.25) is 5.69 Å². The Morgan fingerprint density at radius 2 is 1.78 bits per heavy atom. The number of rotatable bonds is 3. The van der Waals surface area contributed by atoms with Crippen LogP contribution < -0.4 is 4.57 Å². The summed E-state index contributed by atoms with van der Waals surface area (Å²) in [5.74, 6) is 0. The fourth-order valence-electron chi connectivity index (χ4n) is 3.41. The molecule has 1 aromatic heterocycles. The second-order valence-electron chi connectivity index (χ2n) is 6.30. The van der Waals surface area contributed by atoms with Gasteiger partial charge in [0, 0.05) is 13.0 Å². The van der Waals surface area contributed by atoms with E-state index in [9.17, 15) is 0 Å². The summed E-state index contributed by atoms with van der Waals surface area (Å²) < 4.78 is 10.7. The molecule has 0 fully saturated rings. The molecule has 1 heterocycles. The van der Waals surface area contributed by atoms with E-state index in [-0.39, 0.29) is 0 Å². The summed E-state index contributed by atoms with van der Waals surface area (Å²) >= 11 is 0. The van der Waals surface area contributed by atoms with E-state index in [1.54, 1.807) is 0 Å². The highest BCUT2D eigenvalue weighted by Crippen LogP contribution is 2.31. The van der Waals surface area contributed by atoms with Crippen molar-refractivity contribution in [2.45, 2.75) is 40.5 Å². The normalized spacial score (nSPS) is 11.8. The molecule has 0 unspecified atom stereocenters. The van der Waals surface area contributed by atoms with Gasteiger partial charge in [0.1, 0.15) is 7.05 Å². The zero-order chi connectivity index (χ0) is 17.4. The van der Waals surface area contributed by atoms with Crippen LogP contribution in [-0.4, -0.2) is 0 Å². The third-order valence-corrected chi connectivity index (χ3v) is 4.96. The van der Waals surface area contributed by atoms with E-state index < -0.39 is 0 Å². The van der Waals surface area contributed by atoms with Gasteiger partial charge in [-0.1, -0.05) is 38.1 Å². The van der Waals surface area contributed by atoms with Crippen molar-refractivity contribution < 1.29 is 5.94 Å². The Hall–Kier alpha value is -2.15. The van der Waals surface area contributed by atoms with Crippen molar-refractivity contribution in [1.82, 2.24) is 0 Å². The molecule has 3 aromatic rings. The minimum atomic E-state index is 0.622. The predicted octanol–water partition coefficient (Wildman–Crippen LogP) is 5.07. The Labute approximate surface area is 141 Å². The number of pyridine rings is 1. The molecule has 1 nitrogen and oxygen atoms in total. The molecule has 0 aliphatic carbocycles. The first-order valence-corrected chi connectivity index (χ1v) is 8.50. The molecular weight excluding hydrogens is 278 g/mol. The highest BCUT2D eigenvalue weighted by Gasteiger charge is 2.20. The topological polar surface area (TPSA) is 3.88 Å². The second-order valence-corrected chi connectivity index (χ2v) is 6.30. The first-order chi connectivity index (χ1) is 11.5. The number of aryl methyl sites for hydroxylation is 2. The van der Waals surface area contributed by atoms with Crippen molar-refractivity contribution in [3.8, 4) is 11.3 Å². The zero-order valence-corrected chi connectivity index (χ0v) is 14.8. The highest BCUT2D eigenvalue weighted by molar-refractivity contribution is 5.94. The predicted molar refractivity (Wildman–Crippen MR) is 98.8 cm³/mol. The van der Waals surface area contributed by atoms with E-state index in [0.29, 0.717) is 6.04 Å². The van der Waals surface area contributed by atoms with E-state index >= 15 is 0 Å². The van der Waals surface area contributed by atoms with Crippen LogP contribution in [0, 0.1) is 13.8 Å². The molecule has 23 heavy (non-hydrogen) atoms. The van der Waals surface area contributed by atoms with Crippen molar-refractivity contribution in [2.75, 3.05) is 0 Å². The van der Waals surface area contributed by atoms with Crippen LogP contribution in [0.25, 0.3) is 22.0 Å². The lowest BCUT2D eigenvalue weighted by molar-refractivity contribution is -0.665. The molecule has 118 valence electrons. The van der Waals surface area contributed by atoms with Crippen LogP contribution in [0.4, 0.5) is 0 Å². The molecule has 0 N–H and O–H groups in total. The van der Waals surface area contributed by atoms with E-state index in [1.807, 2.05) is 13.0 Å². The smallest absolute Gasteiger partial charge is 0.198 e. The monoisotopic (exact) mass is 305 g/mol. The lowest BCUT2D eigenvalue weighted by atomic mass is 9.92. The molecule has 0 saturated carbocycles. The minimum Gasteiger partial charge on any atom is -0.198 e. The molecule has 0 atom stereocenters. The van der Waals surface area contributed by atoms with Crippen LogP contribution in [0.2, 0.25) is 0 Å². The Morgan fingerprint density at radius 1 is 1.04 bits per heavy atom. The lowest BCUT2D eigenvalue weighted by Crippen LogP contribution is -2.35. The molecule has 0 aliphatic rings. The number of fused-ring (bicyclic) bond motifs is 1. The van der Waals surface area contributed by atoms with Gasteiger partial charge in [-0.15, -0.1) is 0 Å². The summed E-state index contributed by atoms with van der Waals surface area (Å²) in [5.41, 5.74) is 7.68. The Bertz CT molecular complexity index is 925. The van der Waals surface area contributed by atoms with E-state index in [1.165, 1.54) is 27.9 Å². The number of hydrogen-bond acceptors (Lipinski definition) is 0. The quantitative estimate of drug-likeness (QED) is 0.595. The van der Waals surface area contributed by atoms with Gasteiger partial charge in [0.15, 0.2) is 5.69 Å². The van der Waals surface area contributed by atoms with Gasteiger partial charge in [-0.2, -0.15) is 4.57 Å². The molecule has 0 bridgehead atoms. The van der Waals surface area contributed by atoms with Crippen LogP contribution in [-0.2, 0) is 19.9 Å². The van der Waals surface area contributed by atoms with E-state index in [0.717, 1.165) is 29.3 Å². The summed E-state index contributed by atoms with van der Waals surface area (Å²) in [6.45, 7) is 8.70. The molecule has 0 aliphatic heterocycles. The Kier molecular flexibility index (Phi) is 3.87. The van der Waals surface area contributed by atoms with Gasteiger partial charge >= 0.3 is 0 Å². The summed E-state index contributed by atoms with van der Waals surface area (Å²) in [4.78, 5) is 0. The molecular formula is C22H26N+. The number of aromatic nitrogens is 1. The fourth-order valence-corrected chi connectivity index (χ4v) is 3.41. The van der Waals surface area contributed by atoms with Gasteiger partial charge in [0.05, 0.1) is 12.3 Å². The highest BCUT2D eigenvalue weighted by atomic mass is 14.9. The van der Waals surface area contributed by atoms with Gasteiger partial charge in [-0.25, -0.2) is 0 Å². The molecule has 0 spiro atoms. The van der Waals surface area contributed by atoms with Crippen LogP contribution in [0.15, 0.2) is 42.4 Å². The maximum absolute atomic E-state index is 8.48. The Balaban J connectivity index is 2.47. The SMILES string of the molecule is [2H]c1c(C)[n+](C)c(-c2cc(CC)cc(CC)c2C)c2ccccc12. The lowest BCUT2D eigenvalue weighted by Gasteiger charge is -2.14. The average molecular weight is 305 g/mol. The number of benzene rings is 2. The molecule has 3 rings (SSSR count). The van der Waals surface area contributed by atoms with Gasteiger partial charge in [-0.05, 0) is 54.0 Å². The van der Waals surface area contributed by atoms with Crippen LogP contribution in [0.3, 0.4) is 0 Å². The minimum absolute atomic E-state index is 0.622. The largest absolute Gasteiger partial charge is 0.220 e. The maximum Gasteiger partial charge on any atom is 0.220 e. The van der Waals surface area contributed by atoms with E-state index in [2.05, 4.69) is 62.7 Å².